The van der Waals surface area contributed by atoms with Crippen LogP contribution in [0.5, 0.6) is 0 Å². The maximum absolute atomic E-state index is 12.3. The fourth-order valence-corrected chi connectivity index (χ4v) is 3.36. The van der Waals surface area contributed by atoms with Crippen LogP contribution < -0.4 is 11.1 Å². The molecule has 24 heavy (non-hydrogen) atoms. The van der Waals surface area contributed by atoms with Crippen molar-refractivity contribution >= 4 is 22.6 Å². The lowest BCUT2D eigenvalue weighted by Gasteiger charge is -2.10. The molecule has 3 N–H and O–H groups in total. The summed E-state index contributed by atoms with van der Waals surface area (Å²) in [7, 11) is 0. The molecule has 0 spiro atoms. The van der Waals surface area contributed by atoms with Crippen LogP contribution in [0.2, 0.25) is 0 Å². The molecule has 4 rings (SSSR count). The lowest BCUT2D eigenvalue weighted by molar-refractivity contribution is -0.119. The highest BCUT2D eigenvalue weighted by Gasteiger charge is 2.27. The molecule has 1 saturated carbocycles. The van der Waals surface area contributed by atoms with Gasteiger partial charge in [0.2, 0.25) is 5.91 Å². The average Bonchev–Trinajstić information content (AvgIpc) is 3.21. The summed E-state index contributed by atoms with van der Waals surface area (Å²) in [6.45, 7) is 0. The molecule has 0 bridgehead atoms. The number of fused-ring (bicyclic) bond motifs is 1. The zero-order valence-corrected chi connectivity index (χ0v) is 13.4. The minimum Gasteiger partial charge on any atom is -0.456 e. The molecule has 1 heterocycles. The Morgan fingerprint density at radius 3 is 2.67 bits per heavy atom. The van der Waals surface area contributed by atoms with E-state index < -0.39 is 0 Å². The first-order valence-electron chi connectivity index (χ1n) is 8.34. The number of carbonyl (C=O) groups is 1. The molecule has 0 aliphatic heterocycles. The smallest absolute Gasteiger partial charge is 0.227 e. The van der Waals surface area contributed by atoms with Gasteiger partial charge in [0, 0.05) is 28.6 Å². The van der Waals surface area contributed by atoms with Gasteiger partial charge in [0.15, 0.2) is 0 Å². The highest BCUT2D eigenvalue weighted by Crippen LogP contribution is 2.30. The van der Waals surface area contributed by atoms with Crippen LogP contribution in [0.3, 0.4) is 0 Å². The van der Waals surface area contributed by atoms with Gasteiger partial charge in [-0.05, 0) is 43.5 Å². The molecule has 122 valence electrons. The van der Waals surface area contributed by atoms with Gasteiger partial charge in [-0.2, -0.15) is 0 Å². The fourth-order valence-electron chi connectivity index (χ4n) is 3.36. The van der Waals surface area contributed by atoms with E-state index in [2.05, 4.69) is 5.32 Å². The predicted molar refractivity (Wildman–Crippen MR) is 95.6 cm³/mol. The average molecular weight is 320 g/mol. The summed E-state index contributed by atoms with van der Waals surface area (Å²) in [5.74, 6) is 0.921. The maximum Gasteiger partial charge on any atom is 0.227 e. The highest BCUT2D eigenvalue weighted by molar-refractivity contribution is 5.95. The lowest BCUT2D eigenvalue weighted by atomic mass is 10.1. The second-order valence-corrected chi connectivity index (χ2v) is 6.49. The quantitative estimate of drug-likeness (QED) is 0.761. The number of rotatable bonds is 3. The molecular weight excluding hydrogens is 300 g/mol. The fraction of sp³-hybridized carbons (Fsp3) is 0.250. The molecule has 2 atom stereocenters. The second-order valence-electron chi connectivity index (χ2n) is 6.49. The van der Waals surface area contributed by atoms with Gasteiger partial charge >= 0.3 is 0 Å². The lowest BCUT2D eigenvalue weighted by Crippen LogP contribution is -2.23. The van der Waals surface area contributed by atoms with Gasteiger partial charge in [-0.3, -0.25) is 4.79 Å². The van der Waals surface area contributed by atoms with Crippen molar-refractivity contribution in [3.63, 3.8) is 0 Å². The Morgan fingerprint density at radius 1 is 1.08 bits per heavy atom. The first-order chi connectivity index (χ1) is 11.7. The second kappa shape index (κ2) is 6.13. The summed E-state index contributed by atoms with van der Waals surface area (Å²) >= 11 is 0. The molecule has 0 saturated heterocycles. The minimum absolute atomic E-state index is 0.0277. The number of nitrogens with one attached hydrogen (secondary N) is 1. The Bertz CT molecular complexity index is 870. The van der Waals surface area contributed by atoms with Crippen LogP contribution >= 0.6 is 0 Å². The number of furan rings is 1. The summed E-state index contributed by atoms with van der Waals surface area (Å²) in [5.41, 5.74) is 8.55. The molecule has 3 aromatic rings. The molecule has 1 fully saturated rings. The summed E-state index contributed by atoms with van der Waals surface area (Å²) in [5, 5.41) is 3.99. The van der Waals surface area contributed by atoms with Crippen molar-refractivity contribution in [3.8, 4) is 11.3 Å². The third-order valence-corrected chi connectivity index (χ3v) is 4.69. The van der Waals surface area contributed by atoms with Gasteiger partial charge in [0.1, 0.15) is 11.3 Å². The number of carbonyl (C=O) groups excluding carboxylic acids is 1. The first kappa shape index (κ1) is 15.0. The van der Waals surface area contributed by atoms with Crippen LogP contribution in [0.15, 0.2) is 59.0 Å². The highest BCUT2D eigenvalue weighted by atomic mass is 16.3. The Balaban J connectivity index is 1.56. The number of anilines is 1. The third-order valence-electron chi connectivity index (χ3n) is 4.69. The van der Waals surface area contributed by atoms with E-state index in [1.807, 2.05) is 54.6 Å². The third kappa shape index (κ3) is 2.93. The van der Waals surface area contributed by atoms with Crippen LogP contribution in [-0.2, 0) is 4.79 Å². The normalized spacial score (nSPS) is 20.4. The van der Waals surface area contributed by atoms with Crippen molar-refractivity contribution in [1.29, 1.82) is 0 Å². The largest absolute Gasteiger partial charge is 0.456 e. The van der Waals surface area contributed by atoms with E-state index in [-0.39, 0.29) is 17.9 Å². The van der Waals surface area contributed by atoms with Gasteiger partial charge in [-0.25, -0.2) is 0 Å². The van der Waals surface area contributed by atoms with Crippen LogP contribution in [0, 0.1) is 5.92 Å². The van der Waals surface area contributed by atoms with E-state index in [0.717, 1.165) is 47.2 Å². The van der Waals surface area contributed by atoms with Gasteiger partial charge in [-0.1, -0.05) is 30.3 Å². The Hall–Kier alpha value is -2.59. The predicted octanol–water partition coefficient (Wildman–Crippen LogP) is 4.17. The molecule has 2 unspecified atom stereocenters. The van der Waals surface area contributed by atoms with Crippen LogP contribution in [-0.4, -0.2) is 11.9 Å². The van der Waals surface area contributed by atoms with Crippen LogP contribution in [0.4, 0.5) is 5.69 Å². The van der Waals surface area contributed by atoms with Crippen LogP contribution in [0.1, 0.15) is 19.3 Å². The molecule has 1 aromatic heterocycles. The van der Waals surface area contributed by atoms with E-state index in [4.69, 9.17) is 10.2 Å². The molecule has 0 radical (unpaired) electrons. The molecule has 1 amide bonds. The summed E-state index contributed by atoms with van der Waals surface area (Å²) in [6.07, 6.45) is 2.58. The SMILES string of the molecule is NC1CCC(C(=O)Nc2ccc3oc(-c4ccccc4)cc3c2)C1. The molecule has 1 aliphatic carbocycles. The van der Waals surface area contributed by atoms with Gasteiger partial charge in [0.05, 0.1) is 0 Å². The number of nitrogens with two attached hydrogens (primary N) is 1. The summed E-state index contributed by atoms with van der Waals surface area (Å²) < 4.78 is 5.90. The van der Waals surface area contributed by atoms with Gasteiger partial charge < -0.3 is 15.5 Å². The van der Waals surface area contributed by atoms with Crippen molar-refractivity contribution in [2.75, 3.05) is 5.32 Å². The van der Waals surface area contributed by atoms with E-state index in [9.17, 15) is 4.79 Å². The van der Waals surface area contributed by atoms with Crippen molar-refractivity contribution in [2.45, 2.75) is 25.3 Å². The van der Waals surface area contributed by atoms with Crippen molar-refractivity contribution in [1.82, 2.24) is 0 Å². The zero-order valence-electron chi connectivity index (χ0n) is 13.4. The zero-order chi connectivity index (χ0) is 16.5. The maximum atomic E-state index is 12.3. The van der Waals surface area contributed by atoms with Crippen molar-refractivity contribution in [3.05, 3.63) is 54.6 Å². The molecule has 1 aliphatic rings. The number of hydrogen-bond donors (Lipinski definition) is 2. The van der Waals surface area contributed by atoms with Gasteiger partial charge in [0.25, 0.3) is 0 Å². The molecular formula is C20H20N2O2. The Morgan fingerprint density at radius 2 is 1.92 bits per heavy atom. The minimum atomic E-state index is 0.0277. The molecule has 4 heteroatoms. The van der Waals surface area contributed by atoms with E-state index >= 15 is 0 Å². The number of hydrogen-bond acceptors (Lipinski definition) is 3. The molecule has 4 nitrogen and oxygen atoms in total. The van der Waals surface area contributed by atoms with E-state index in [0.29, 0.717) is 0 Å². The Kier molecular flexibility index (Phi) is 3.82. The van der Waals surface area contributed by atoms with E-state index in [1.54, 1.807) is 0 Å². The van der Waals surface area contributed by atoms with Gasteiger partial charge in [-0.15, -0.1) is 0 Å². The van der Waals surface area contributed by atoms with Crippen molar-refractivity contribution in [2.24, 2.45) is 11.7 Å². The van der Waals surface area contributed by atoms with Crippen molar-refractivity contribution < 1.29 is 9.21 Å². The standard InChI is InChI=1S/C20H20N2O2/c21-16-7-6-14(10-16)20(23)22-17-8-9-18-15(11-17)12-19(24-18)13-4-2-1-3-5-13/h1-5,8-9,11-12,14,16H,6-7,10,21H2,(H,22,23). The summed E-state index contributed by atoms with van der Waals surface area (Å²) in [6, 6.07) is 17.9. The molecule has 2 aromatic carbocycles. The monoisotopic (exact) mass is 320 g/mol. The Labute approximate surface area is 140 Å². The van der Waals surface area contributed by atoms with E-state index in [1.165, 1.54) is 0 Å². The summed E-state index contributed by atoms with van der Waals surface area (Å²) in [4.78, 5) is 12.3. The topological polar surface area (TPSA) is 68.3 Å². The number of benzene rings is 2. The number of amides is 1. The van der Waals surface area contributed by atoms with Crippen LogP contribution in [0.25, 0.3) is 22.3 Å². The first-order valence-corrected chi connectivity index (χ1v) is 8.34.